The van der Waals surface area contributed by atoms with Gasteiger partial charge in [0.15, 0.2) is 20.4 Å². The Balaban J connectivity index is 1.66. The summed E-state index contributed by atoms with van der Waals surface area (Å²) in [4.78, 5) is 29.6. The zero-order chi connectivity index (χ0) is 23.0. The van der Waals surface area contributed by atoms with Crippen LogP contribution in [0.1, 0.15) is 5.56 Å². The molecule has 1 N–H and O–H groups in total. The molecule has 0 aliphatic heterocycles. The molecule has 0 unspecified atom stereocenters. The van der Waals surface area contributed by atoms with Gasteiger partial charge in [-0.25, -0.2) is 13.4 Å². The van der Waals surface area contributed by atoms with E-state index < -0.39 is 21.2 Å². The number of hydrogen-bond donors (Lipinski definition) is 1. The van der Waals surface area contributed by atoms with Gasteiger partial charge in [0.25, 0.3) is 5.91 Å². The van der Waals surface area contributed by atoms with Gasteiger partial charge in [-0.15, -0.1) is 0 Å². The second-order valence-corrected chi connectivity index (χ2v) is 10.2. The highest BCUT2D eigenvalue weighted by molar-refractivity contribution is 7.90. The van der Waals surface area contributed by atoms with Crippen molar-refractivity contribution < 1.29 is 17.6 Å². The fraction of sp³-hybridized carbons (Fsp3) is 0.0476. The summed E-state index contributed by atoms with van der Waals surface area (Å²) < 4.78 is 29.4. The van der Waals surface area contributed by atoms with Gasteiger partial charge in [-0.1, -0.05) is 22.9 Å². The first-order valence-corrected chi connectivity index (χ1v) is 12.0. The molecule has 0 spiro atoms. The van der Waals surface area contributed by atoms with E-state index in [4.69, 9.17) is 16.0 Å². The zero-order valence-corrected chi connectivity index (χ0v) is 18.6. The number of sulfone groups is 1. The monoisotopic (exact) mass is 485 g/mol. The minimum atomic E-state index is -3.39. The molecule has 0 saturated heterocycles. The number of thiazole rings is 1. The van der Waals surface area contributed by atoms with E-state index >= 15 is 0 Å². The van der Waals surface area contributed by atoms with E-state index in [0.29, 0.717) is 20.8 Å². The number of carbonyl (C=O) groups excluding carboxylic acids is 1. The van der Waals surface area contributed by atoms with E-state index in [1.54, 1.807) is 18.2 Å². The highest BCUT2D eigenvalue weighted by Crippen LogP contribution is 2.28. The average Bonchev–Trinajstić information content (AvgIpc) is 3.14. The summed E-state index contributed by atoms with van der Waals surface area (Å²) in [5, 5.41) is 12.7. The van der Waals surface area contributed by atoms with E-state index in [1.807, 2.05) is 0 Å². The van der Waals surface area contributed by atoms with Crippen LogP contribution in [0.5, 0.6) is 0 Å². The molecule has 32 heavy (non-hydrogen) atoms. The van der Waals surface area contributed by atoms with Gasteiger partial charge in [-0.05, 0) is 42.5 Å². The van der Waals surface area contributed by atoms with Crippen LogP contribution in [0.3, 0.4) is 0 Å². The number of aromatic nitrogens is 1. The second kappa shape index (κ2) is 8.20. The van der Waals surface area contributed by atoms with Crippen LogP contribution in [0.2, 0.25) is 5.02 Å². The molecule has 0 fully saturated rings. The van der Waals surface area contributed by atoms with Crippen LogP contribution >= 0.6 is 22.9 Å². The number of anilines is 1. The predicted molar refractivity (Wildman–Crippen MR) is 122 cm³/mol. The number of rotatable bonds is 4. The minimum Gasteiger partial charge on any atom is -0.463 e. The van der Waals surface area contributed by atoms with Crippen molar-refractivity contribution >= 4 is 71.1 Å². The molecular weight excluding hydrogens is 474 g/mol. The maximum atomic E-state index is 12.7. The van der Waals surface area contributed by atoms with Crippen LogP contribution < -0.4 is 10.7 Å². The van der Waals surface area contributed by atoms with Crippen molar-refractivity contribution in [3.8, 4) is 6.07 Å². The number of halogens is 1. The van der Waals surface area contributed by atoms with E-state index in [1.165, 1.54) is 24.3 Å². The fourth-order valence-corrected chi connectivity index (χ4v) is 4.67. The molecule has 0 saturated carbocycles. The number of fused-ring (bicyclic) bond motifs is 2. The predicted octanol–water partition coefficient (Wildman–Crippen LogP) is 4.01. The Hall–Kier alpha value is -3.52. The lowest BCUT2D eigenvalue weighted by atomic mass is 10.1. The summed E-state index contributed by atoms with van der Waals surface area (Å²) in [6.45, 7) is 0. The average molecular weight is 486 g/mol. The van der Waals surface area contributed by atoms with Crippen LogP contribution in [0.4, 0.5) is 5.13 Å². The van der Waals surface area contributed by atoms with Gasteiger partial charge >= 0.3 is 0 Å². The van der Waals surface area contributed by atoms with Gasteiger partial charge in [0, 0.05) is 11.3 Å². The summed E-state index contributed by atoms with van der Waals surface area (Å²) in [6.07, 6.45) is 3.38. The maximum Gasteiger partial charge on any atom is 0.268 e. The van der Waals surface area contributed by atoms with Crippen LogP contribution in [0.25, 0.3) is 27.3 Å². The molecule has 2 aromatic heterocycles. The smallest absolute Gasteiger partial charge is 0.268 e. The number of nitrogens with one attached hydrogen (secondary N) is 1. The van der Waals surface area contributed by atoms with Crippen molar-refractivity contribution in [2.24, 2.45) is 0 Å². The first-order chi connectivity index (χ1) is 15.2. The summed E-state index contributed by atoms with van der Waals surface area (Å²) in [5.41, 5.74) is 0.0422. The van der Waals surface area contributed by atoms with Crippen LogP contribution in [-0.2, 0) is 14.6 Å². The Bertz CT molecular complexity index is 1650. The fourth-order valence-electron chi connectivity index (χ4n) is 2.88. The molecule has 0 radical (unpaired) electrons. The van der Waals surface area contributed by atoms with Crippen molar-refractivity contribution in [1.29, 1.82) is 5.26 Å². The molecule has 4 rings (SSSR count). The van der Waals surface area contributed by atoms with Gasteiger partial charge in [0.1, 0.15) is 23.5 Å². The van der Waals surface area contributed by atoms with Gasteiger partial charge in [-0.2, -0.15) is 5.26 Å². The van der Waals surface area contributed by atoms with E-state index in [2.05, 4.69) is 10.3 Å². The van der Waals surface area contributed by atoms with Crippen molar-refractivity contribution in [3.05, 3.63) is 69.0 Å². The van der Waals surface area contributed by atoms with E-state index in [-0.39, 0.29) is 26.5 Å². The topological polar surface area (TPSA) is 130 Å². The first kappa shape index (κ1) is 21.7. The van der Waals surface area contributed by atoms with Crippen molar-refractivity contribution in [2.75, 3.05) is 11.6 Å². The Labute approximate surface area is 190 Å². The number of hydrogen-bond acceptors (Lipinski definition) is 8. The maximum absolute atomic E-state index is 12.7. The zero-order valence-electron chi connectivity index (χ0n) is 16.2. The van der Waals surface area contributed by atoms with Crippen molar-refractivity contribution in [1.82, 2.24) is 4.98 Å². The summed E-state index contributed by atoms with van der Waals surface area (Å²) in [7, 11) is -3.39. The van der Waals surface area contributed by atoms with Crippen LogP contribution in [0, 0.1) is 11.3 Å². The summed E-state index contributed by atoms with van der Waals surface area (Å²) in [5.74, 6) is -0.777. The molecule has 4 aromatic rings. The number of amides is 1. The third-order valence-electron chi connectivity index (χ3n) is 4.43. The van der Waals surface area contributed by atoms with Crippen molar-refractivity contribution in [3.63, 3.8) is 0 Å². The molecule has 8 nitrogen and oxygen atoms in total. The molecule has 1 amide bonds. The SMILES string of the molecule is CS(=O)(=O)c1ccc2nc(NC(=O)C(C#N)=Cc3coc4ccc(Cl)cc4c3=O)sc2c1. The molecule has 0 aliphatic rings. The molecular formula is C21H12ClN3O5S2. The van der Waals surface area contributed by atoms with Crippen LogP contribution in [-0.4, -0.2) is 25.6 Å². The molecule has 2 heterocycles. The number of carbonyl (C=O) groups is 1. The van der Waals surface area contributed by atoms with Gasteiger partial charge in [-0.3, -0.25) is 14.9 Å². The largest absolute Gasteiger partial charge is 0.463 e. The third kappa shape index (κ3) is 4.27. The van der Waals surface area contributed by atoms with Gasteiger partial charge in [0.05, 0.1) is 26.1 Å². The molecule has 11 heteroatoms. The molecule has 160 valence electrons. The molecule has 0 bridgehead atoms. The highest BCUT2D eigenvalue weighted by atomic mass is 35.5. The first-order valence-electron chi connectivity index (χ1n) is 8.90. The van der Waals surface area contributed by atoms with Crippen LogP contribution in [0.15, 0.2) is 62.3 Å². The quantitative estimate of drug-likeness (QED) is 0.341. The number of benzene rings is 2. The van der Waals surface area contributed by atoms with E-state index in [0.717, 1.165) is 29.9 Å². The van der Waals surface area contributed by atoms with Crippen molar-refractivity contribution in [2.45, 2.75) is 4.90 Å². The Morgan fingerprint density at radius 1 is 1.28 bits per heavy atom. The Morgan fingerprint density at radius 2 is 2.06 bits per heavy atom. The summed E-state index contributed by atoms with van der Waals surface area (Å²) in [6, 6.07) is 10.7. The lowest BCUT2D eigenvalue weighted by Crippen LogP contribution is -2.14. The second-order valence-electron chi connectivity index (χ2n) is 6.71. The number of nitriles is 1. The lowest BCUT2D eigenvalue weighted by molar-refractivity contribution is -0.112. The highest BCUT2D eigenvalue weighted by Gasteiger charge is 2.16. The summed E-state index contributed by atoms with van der Waals surface area (Å²) >= 11 is 6.99. The Kier molecular flexibility index (Phi) is 5.56. The van der Waals surface area contributed by atoms with Gasteiger partial charge in [0.2, 0.25) is 0 Å². The minimum absolute atomic E-state index is 0.00793. The molecule has 0 atom stereocenters. The third-order valence-corrected chi connectivity index (χ3v) is 6.71. The lowest BCUT2D eigenvalue weighted by Gasteiger charge is -2.01. The molecule has 2 aromatic carbocycles. The number of nitrogens with zero attached hydrogens (tertiary/aromatic N) is 2. The van der Waals surface area contributed by atoms with E-state index in [9.17, 15) is 23.3 Å². The normalized spacial score (nSPS) is 12.1. The Morgan fingerprint density at radius 3 is 2.78 bits per heavy atom. The standard InChI is InChI=1S/C21H12ClN3O5S2/c1-32(28,29)14-3-4-16-18(8-14)31-21(24-16)25-20(27)11(9-23)6-12-10-30-17-5-2-13(22)7-15(17)19(12)26/h2-8,10H,1H3,(H,24,25,27). The van der Waals surface area contributed by atoms with Gasteiger partial charge < -0.3 is 4.42 Å². The molecule has 0 aliphatic carbocycles.